The van der Waals surface area contributed by atoms with Gasteiger partial charge >= 0.3 is 0 Å². The molecule has 1 aromatic carbocycles. The average Bonchev–Trinajstić information content (AvgIpc) is 3.33. The van der Waals surface area contributed by atoms with Gasteiger partial charge in [0.25, 0.3) is 0 Å². The number of thioether (sulfide) groups is 2. The lowest BCUT2D eigenvalue weighted by molar-refractivity contribution is 0.00203. The molecule has 0 N–H and O–H groups in total. The lowest BCUT2D eigenvalue weighted by Crippen LogP contribution is -2.26. The van der Waals surface area contributed by atoms with Crippen LogP contribution in [-0.4, -0.2) is 31.9 Å². The van der Waals surface area contributed by atoms with Gasteiger partial charge in [-0.05, 0) is 35.4 Å². The predicted octanol–water partition coefficient (Wildman–Crippen LogP) is 6.10. The van der Waals surface area contributed by atoms with Crippen LogP contribution in [0.5, 0.6) is 0 Å². The Bertz CT molecular complexity index is 1220. The van der Waals surface area contributed by atoms with Gasteiger partial charge in [0.05, 0.1) is 18.1 Å². The highest BCUT2D eigenvalue weighted by Crippen LogP contribution is 2.40. The van der Waals surface area contributed by atoms with Crippen molar-refractivity contribution in [3.8, 4) is 0 Å². The summed E-state index contributed by atoms with van der Waals surface area (Å²) in [5.41, 5.74) is 3.45. The highest BCUT2D eigenvalue weighted by Gasteiger charge is 2.28. The number of ether oxygens (including phenoxy) is 1. The van der Waals surface area contributed by atoms with Gasteiger partial charge in [0.15, 0.2) is 16.0 Å². The summed E-state index contributed by atoms with van der Waals surface area (Å²) in [6, 6.07) is 7.93. The van der Waals surface area contributed by atoms with E-state index in [9.17, 15) is 0 Å². The van der Waals surface area contributed by atoms with Crippen LogP contribution in [0.4, 0.5) is 0 Å². The number of thiophene rings is 1. The lowest BCUT2D eigenvalue weighted by atomic mass is 9.96. The molecule has 4 aromatic rings. The number of hydrogen-bond acceptors (Lipinski definition) is 7. The summed E-state index contributed by atoms with van der Waals surface area (Å²) in [6.45, 7) is 5.09. The van der Waals surface area contributed by atoms with Gasteiger partial charge < -0.3 is 4.74 Å². The van der Waals surface area contributed by atoms with Crippen molar-refractivity contribution < 1.29 is 4.74 Å². The van der Waals surface area contributed by atoms with E-state index in [4.69, 9.17) is 21.3 Å². The van der Waals surface area contributed by atoms with Gasteiger partial charge in [-0.1, -0.05) is 61.1 Å². The molecule has 0 bridgehead atoms. The standard InChI is InChI=1S/C21H21ClN4OS3/c1-11(2)15-8-14-16(9-27-15)30-19-17(14)18-24-25-21(26(18)20(23-19)28-3)29-10-12-4-6-13(22)7-5-12/h4-7,11,15H,8-10H2,1-3H3. The van der Waals surface area contributed by atoms with Crippen LogP contribution >= 0.6 is 46.5 Å². The van der Waals surface area contributed by atoms with Crippen LogP contribution in [0.15, 0.2) is 34.6 Å². The number of halogens is 1. The predicted molar refractivity (Wildman–Crippen MR) is 126 cm³/mol. The van der Waals surface area contributed by atoms with Gasteiger partial charge in [-0.2, -0.15) is 0 Å². The summed E-state index contributed by atoms with van der Waals surface area (Å²) in [6.07, 6.45) is 3.19. The van der Waals surface area contributed by atoms with E-state index >= 15 is 0 Å². The molecule has 0 aliphatic carbocycles. The number of nitrogens with zero attached hydrogens (tertiary/aromatic N) is 4. The summed E-state index contributed by atoms with van der Waals surface area (Å²) >= 11 is 11.0. The molecule has 0 fully saturated rings. The Morgan fingerprint density at radius 1 is 1.23 bits per heavy atom. The van der Waals surface area contributed by atoms with E-state index in [0.29, 0.717) is 12.5 Å². The van der Waals surface area contributed by atoms with Crippen LogP contribution in [0, 0.1) is 5.92 Å². The fourth-order valence-corrected chi connectivity index (χ4v) is 6.50. The van der Waals surface area contributed by atoms with Crippen LogP contribution in [0.2, 0.25) is 5.02 Å². The van der Waals surface area contributed by atoms with Crippen molar-refractivity contribution in [3.05, 3.63) is 45.3 Å². The van der Waals surface area contributed by atoms with E-state index in [0.717, 1.165) is 43.4 Å². The highest BCUT2D eigenvalue weighted by atomic mass is 35.5. The molecule has 1 unspecified atom stereocenters. The van der Waals surface area contributed by atoms with Crippen molar-refractivity contribution in [1.82, 2.24) is 19.6 Å². The van der Waals surface area contributed by atoms with Crippen molar-refractivity contribution in [2.75, 3.05) is 6.26 Å². The zero-order valence-corrected chi connectivity index (χ0v) is 20.1. The molecule has 0 saturated heterocycles. The van der Waals surface area contributed by atoms with Gasteiger partial charge in [0.2, 0.25) is 0 Å². The first-order valence-corrected chi connectivity index (χ1v) is 13.2. The first-order chi connectivity index (χ1) is 14.5. The molecule has 9 heteroatoms. The van der Waals surface area contributed by atoms with Crippen LogP contribution < -0.4 is 0 Å². The third-order valence-electron chi connectivity index (χ3n) is 5.36. The maximum absolute atomic E-state index is 6.09. The molecule has 3 aromatic heterocycles. The third-order valence-corrected chi connectivity index (χ3v) is 8.35. The Hall–Kier alpha value is -1.32. The van der Waals surface area contributed by atoms with E-state index in [1.165, 1.54) is 16.0 Å². The van der Waals surface area contributed by atoms with Gasteiger partial charge in [0.1, 0.15) is 4.83 Å². The lowest BCUT2D eigenvalue weighted by Gasteiger charge is -2.26. The SMILES string of the molecule is CSc1nc2sc3c(c2c2nnc(SCc4ccc(Cl)cc4)n12)CC(C(C)C)OC3. The van der Waals surface area contributed by atoms with Crippen LogP contribution in [0.3, 0.4) is 0 Å². The topological polar surface area (TPSA) is 52.3 Å². The van der Waals surface area contributed by atoms with Crippen molar-refractivity contribution in [2.45, 2.75) is 49.0 Å². The van der Waals surface area contributed by atoms with E-state index in [1.54, 1.807) is 34.9 Å². The molecule has 0 amide bonds. The highest BCUT2D eigenvalue weighted by molar-refractivity contribution is 7.99. The molecule has 1 atom stereocenters. The van der Waals surface area contributed by atoms with Crippen LogP contribution in [0.25, 0.3) is 15.9 Å². The Balaban J connectivity index is 1.58. The first-order valence-electron chi connectivity index (χ1n) is 9.77. The number of hydrogen-bond donors (Lipinski definition) is 0. The molecule has 0 radical (unpaired) electrons. The summed E-state index contributed by atoms with van der Waals surface area (Å²) in [4.78, 5) is 7.28. The first kappa shape index (κ1) is 20.6. The van der Waals surface area contributed by atoms with Gasteiger partial charge in [-0.15, -0.1) is 21.5 Å². The summed E-state index contributed by atoms with van der Waals surface area (Å²) in [5, 5.41) is 12.8. The quantitative estimate of drug-likeness (QED) is 0.256. The number of fused-ring (bicyclic) bond motifs is 5. The Labute approximate surface area is 192 Å². The maximum Gasteiger partial charge on any atom is 0.198 e. The summed E-state index contributed by atoms with van der Waals surface area (Å²) < 4.78 is 8.20. The minimum atomic E-state index is 0.234. The van der Waals surface area contributed by atoms with E-state index in [1.807, 2.05) is 30.5 Å². The van der Waals surface area contributed by atoms with Gasteiger partial charge in [-0.25, -0.2) is 9.38 Å². The van der Waals surface area contributed by atoms with E-state index < -0.39 is 0 Å². The maximum atomic E-state index is 6.09. The van der Waals surface area contributed by atoms with Crippen molar-refractivity contribution in [2.24, 2.45) is 5.92 Å². The smallest absolute Gasteiger partial charge is 0.198 e. The zero-order valence-electron chi connectivity index (χ0n) is 16.9. The second-order valence-corrected chi connectivity index (χ2v) is 10.9. The summed E-state index contributed by atoms with van der Waals surface area (Å²) in [5.74, 6) is 1.28. The van der Waals surface area contributed by atoms with Gasteiger partial charge in [0, 0.05) is 22.1 Å². The molecule has 156 valence electrons. The summed E-state index contributed by atoms with van der Waals surface area (Å²) in [7, 11) is 0. The number of benzene rings is 1. The van der Waals surface area contributed by atoms with Gasteiger partial charge in [-0.3, -0.25) is 0 Å². The molecule has 1 aliphatic rings. The molecule has 5 rings (SSSR count). The van der Waals surface area contributed by atoms with Crippen LogP contribution in [0.1, 0.15) is 29.9 Å². The largest absolute Gasteiger partial charge is 0.372 e. The monoisotopic (exact) mass is 476 g/mol. The Morgan fingerprint density at radius 2 is 2.03 bits per heavy atom. The normalized spacial score (nSPS) is 16.6. The molecule has 5 nitrogen and oxygen atoms in total. The molecular formula is C21H21ClN4OS3. The van der Waals surface area contributed by atoms with E-state index in [-0.39, 0.29) is 6.10 Å². The second kappa shape index (κ2) is 8.31. The van der Waals surface area contributed by atoms with Crippen molar-refractivity contribution in [3.63, 3.8) is 0 Å². The van der Waals surface area contributed by atoms with E-state index in [2.05, 4.69) is 28.4 Å². The van der Waals surface area contributed by atoms with Crippen molar-refractivity contribution in [1.29, 1.82) is 0 Å². The van der Waals surface area contributed by atoms with Crippen molar-refractivity contribution >= 4 is 62.3 Å². The second-order valence-electron chi connectivity index (χ2n) is 7.64. The minimum absolute atomic E-state index is 0.234. The molecule has 30 heavy (non-hydrogen) atoms. The molecule has 0 saturated carbocycles. The zero-order chi connectivity index (χ0) is 20.8. The molecular weight excluding hydrogens is 456 g/mol. The Morgan fingerprint density at radius 3 is 2.77 bits per heavy atom. The molecule has 4 heterocycles. The molecule has 1 aliphatic heterocycles. The Kier molecular flexibility index (Phi) is 5.70. The number of aromatic nitrogens is 4. The average molecular weight is 477 g/mol. The fraction of sp³-hybridized carbons (Fsp3) is 0.381. The number of rotatable bonds is 5. The minimum Gasteiger partial charge on any atom is -0.372 e. The molecule has 0 spiro atoms. The fourth-order valence-electron chi connectivity index (χ4n) is 3.71. The van der Waals surface area contributed by atoms with Crippen LogP contribution in [-0.2, 0) is 23.5 Å². The third kappa shape index (κ3) is 3.62.